The van der Waals surface area contributed by atoms with E-state index in [-0.39, 0.29) is 82.5 Å². The summed E-state index contributed by atoms with van der Waals surface area (Å²) in [6.07, 6.45) is 1.10. The van der Waals surface area contributed by atoms with E-state index in [1.165, 1.54) is 18.1 Å². The number of nitrogens with one attached hydrogen (secondary N) is 1. The van der Waals surface area contributed by atoms with E-state index in [0.717, 1.165) is 0 Å². The molecule has 2 heterocycles. The van der Waals surface area contributed by atoms with Crippen molar-refractivity contribution in [2.24, 2.45) is 0 Å². The molecule has 0 aliphatic carbocycles. The molecule has 0 saturated heterocycles. The number of aromatic amines is 1. The molecule has 2 aromatic heterocycles. The SMILES string of the molecule is Nc1nc2c(ncn2CCSCCP(=O)([O-])[O-])c(=O)[nH]1.[Na+].[Na+]. The van der Waals surface area contributed by atoms with E-state index in [1.807, 2.05) is 0 Å². The van der Waals surface area contributed by atoms with Crippen LogP contribution in [0.5, 0.6) is 0 Å². The molecule has 2 rings (SSSR count). The summed E-state index contributed by atoms with van der Waals surface area (Å²) < 4.78 is 12.1. The Bertz CT molecular complexity index is 718. The van der Waals surface area contributed by atoms with Crippen LogP contribution in [-0.2, 0) is 11.1 Å². The van der Waals surface area contributed by atoms with Gasteiger partial charge in [-0.05, 0) is 11.9 Å². The maximum Gasteiger partial charge on any atom is 1.00 e. The predicted molar refractivity (Wildman–Crippen MR) is 72.4 cm³/mol. The van der Waals surface area contributed by atoms with Crippen molar-refractivity contribution < 1.29 is 73.5 Å². The Morgan fingerprint density at radius 2 is 2.05 bits per heavy atom. The Hall–Kier alpha value is 0.650. The van der Waals surface area contributed by atoms with Crippen molar-refractivity contribution in [2.75, 3.05) is 23.4 Å². The maximum absolute atomic E-state index is 11.5. The standard InChI is InChI=1S/C9H14N5O4PS.2Na/c10-9-12-7-6(8(15)13-9)11-5-14(7)1-3-20-4-2-19(16,17)18;;/h5H,1-4H2,(H2,16,17,18)(H3,10,12,13,15);;/q;2*+1/p-2. The van der Waals surface area contributed by atoms with Gasteiger partial charge in [0.15, 0.2) is 11.2 Å². The fourth-order valence-corrected chi connectivity index (χ4v) is 3.52. The van der Waals surface area contributed by atoms with E-state index in [0.29, 0.717) is 17.9 Å². The van der Waals surface area contributed by atoms with Crippen molar-refractivity contribution in [3.63, 3.8) is 0 Å². The van der Waals surface area contributed by atoms with Crippen molar-refractivity contribution in [3.8, 4) is 0 Å². The molecule has 0 spiro atoms. The number of rotatable bonds is 6. The third kappa shape index (κ3) is 6.64. The predicted octanol–water partition coefficient (Wildman–Crippen LogP) is -7.64. The molecule has 13 heteroatoms. The van der Waals surface area contributed by atoms with Crippen molar-refractivity contribution in [1.29, 1.82) is 0 Å². The van der Waals surface area contributed by atoms with Gasteiger partial charge in [-0.3, -0.25) is 9.78 Å². The van der Waals surface area contributed by atoms with Gasteiger partial charge in [-0.1, -0.05) is 7.60 Å². The molecular formula is C9H12N5Na2O4PS. The fourth-order valence-electron chi connectivity index (χ4n) is 1.58. The molecule has 0 aliphatic rings. The molecule has 0 atom stereocenters. The van der Waals surface area contributed by atoms with Crippen LogP contribution in [-0.4, -0.2) is 37.2 Å². The second kappa shape index (κ2) is 9.83. The van der Waals surface area contributed by atoms with Gasteiger partial charge < -0.3 is 24.7 Å². The Balaban J connectivity index is 0.00000220. The van der Waals surface area contributed by atoms with Crippen LogP contribution in [0.3, 0.4) is 0 Å². The number of aromatic nitrogens is 4. The van der Waals surface area contributed by atoms with Gasteiger partial charge in [0, 0.05) is 12.3 Å². The van der Waals surface area contributed by atoms with Crippen molar-refractivity contribution in [2.45, 2.75) is 6.54 Å². The Labute approximate surface area is 174 Å². The minimum absolute atomic E-state index is 0. The molecule has 0 bridgehead atoms. The number of imidazole rings is 1. The number of thioether (sulfide) groups is 1. The monoisotopic (exact) mass is 363 g/mol. The average Bonchev–Trinajstić information content (AvgIpc) is 2.70. The fraction of sp³-hybridized carbons (Fsp3) is 0.444. The second-order valence-electron chi connectivity index (χ2n) is 4.01. The van der Waals surface area contributed by atoms with E-state index >= 15 is 0 Å². The topological polar surface area (TPSA) is 153 Å². The Kier molecular flexibility index (Phi) is 10.1. The molecular weight excluding hydrogens is 351 g/mol. The number of H-pyrrole nitrogens is 1. The normalized spacial score (nSPS) is 11.0. The van der Waals surface area contributed by atoms with E-state index in [2.05, 4.69) is 15.0 Å². The Morgan fingerprint density at radius 1 is 1.36 bits per heavy atom. The van der Waals surface area contributed by atoms with Crippen molar-refractivity contribution >= 4 is 36.5 Å². The van der Waals surface area contributed by atoms with E-state index in [9.17, 15) is 19.1 Å². The van der Waals surface area contributed by atoms with Gasteiger partial charge in [0.25, 0.3) is 5.56 Å². The number of aryl methyl sites for hydroxylation is 1. The summed E-state index contributed by atoms with van der Waals surface area (Å²) in [5.41, 5.74) is 5.64. The molecule has 0 aliphatic heterocycles. The quantitative estimate of drug-likeness (QED) is 0.292. The maximum atomic E-state index is 11.5. The zero-order chi connectivity index (χ0) is 14.8. The summed E-state index contributed by atoms with van der Waals surface area (Å²) in [7, 11) is -4.43. The smallest absolute Gasteiger partial charge is 0.811 e. The van der Waals surface area contributed by atoms with Gasteiger partial charge in [-0.25, -0.2) is 4.98 Å². The van der Waals surface area contributed by atoms with Gasteiger partial charge in [0.2, 0.25) is 5.95 Å². The second-order valence-corrected chi connectivity index (χ2v) is 6.90. The molecule has 0 saturated carbocycles. The number of nitrogens with two attached hydrogens (primary N) is 1. The Morgan fingerprint density at radius 3 is 2.68 bits per heavy atom. The average molecular weight is 363 g/mol. The van der Waals surface area contributed by atoms with E-state index in [4.69, 9.17) is 5.73 Å². The first kappa shape index (κ1) is 22.6. The van der Waals surface area contributed by atoms with Crippen molar-refractivity contribution in [3.05, 3.63) is 16.7 Å². The number of nitrogen functional groups attached to an aromatic ring is 1. The molecule has 9 nitrogen and oxygen atoms in total. The van der Waals surface area contributed by atoms with Gasteiger partial charge in [-0.2, -0.15) is 16.7 Å². The van der Waals surface area contributed by atoms with Crippen LogP contribution in [0.25, 0.3) is 11.2 Å². The van der Waals surface area contributed by atoms with E-state index < -0.39 is 13.2 Å². The molecule has 22 heavy (non-hydrogen) atoms. The van der Waals surface area contributed by atoms with Crippen LogP contribution in [0.15, 0.2) is 11.1 Å². The first-order valence-corrected chi connectivity index (χ1v) is 8.54. The van der Waals surface area contributed by atoms with Crippen LogP contribution in [0.4, 0.5) is 5.95 Å². The van der Waals surface area contributed by atoms with Gasteiger partial charge >= 0.3 is 59.1 Å². The van der Waals surface area contributed by atoms with E-state index in [1.54, 1.807) is 4.57 Å². The molecule has 2 aromatic rings. The molecule has 0 radical (unpaired) electrons. The molecule has 3 N–H and O–H groups in total. The zero-order valence-corrected chi connectivity index (χ0v) is 18.0. The number of fused-ring (bicyclic) bond motifs is 1. The zero-order valence-electron chi connectivity index (χ0n) is 12.3. The van der Waals surface area contributed by atoms with Gasteiger partial charge in [0.05, 0.1) is 6.33 Å². The summed E-state index contributed by atoms with van der Waals surface area (Å²) in [5, 5.41) is 0. The molecule has 0 fully saturated rings. The first-order chi connectivity index (χ1) is 9.37. The number of hydrogen-bond acceptors (Lipinski definition) is 8. The minimum atomic E-state index is -4.43. The van der Waals surface area contributed by atoms with Crippen LogP contribution < -0.4 is 80.2 Å². The van der Waals surface area contributed by atoms with Crippen LogP contribution in [0.2, 0.25) is 0 Å². The van der Waals surface area contributed by atoms with Crippen molar-refractivity contribution in [1.82, 2.24) is 19.5 Å². The molecule has 0 unspecified atom stereocenters. The summed E-state index contributed by atoms with van der Waals surface area (Å²) in [6, 6.07) is 0. The summed E-state index contributed by atoms with van der Waals surface area (Å²) in [4.78, 5) is 42.7. The van der Waals surface area contributed by atoms with Gasteiger partial charge in [-0.15, -0.1) is 0 Å². The molecule has 0 amide bonds. The summed E-state index contributed by atoms with van der Waals surface area (Å²) in [5.74, 6) is 0.822. The molecule has 110 valence electrons. The number of nitrogens with zero attached hydrogens (tertiary/aromatic N) is 3. The van der Waals surface area contributed by atoms with Gasteiger partial charge in [0.1, 0.15) is 0 Å². The third-order valence-electron chi connectivity index (χ3n) is 2.48. The summed E-state index contributed by atoms with van der Waals surface area (Å²) in [6.45, 7) is 0.485. The number of anilines is 1. The third-order valence-corrected chi connectivity index (χ3v) is 4.52. The first-order valence-electron chi connectivity index (χ1n) is 5.66. The summed E-state index contributed by atoms with van der Waals surface area (Å²) >= 11 is 1.33. The minimum Gasteiger partial charge on any atom is -0.811 e. The van der Waals surface area contributed by atoms with Crippen LogP contribution >= 0.6 is 19.4 Å². The number of hydrogen-bond donors (Lipinski definition) is 2. The largest absolute Gasteiger partial charge is 1.00 e. The van der Waals surface area contributed by atoms with Crippen LogP contribution in [0, 0.1) is 0 Å². The van der Waals surface area contributed by atoms with Crippen LogP contribution in [0.1, 0.15) is 0 Å². The molecule has 0 aromatic carbocycles.